The number of hydrogen-bond acceptors (Lipinski definition) is 9. The van der Waals surface area contributed by atoms with E-state index in [4.69, 9.17) is 11.6 Å². The predicted molar refractivity (Wildman–Crippen MR) is 123 cm³/mol. The number of benzene rings is 1. The number of aryl methyl sites for hydroxylation is 1. The molecule has 1 aromatic carbocycles. The van der Waals surface area contributed by atoms with Gasteiger partial charge in [-0.05, 0) is 19.1 Å². The van der Waals surface area contributed by atoms with Gasteiger partial charge in [0.05, 0.1) is 32.7 Å². The number of sulfone groups is 1. The van der Waals surface area contributed by atoms with Gasteiger partial charge in [0.15, 0.2) is 15.6 Å². The number of H-pyrrole nitrogens is 1. The first-order valence-corrected chi connectivity index (χ1v) is 12.1. The number of hydrogen-bond donors (Lipinski definition) is 2. The van der Waals surface area contributed by atoms with Gasteiger partial charge in [0.1, 0.15) is 11.5 Å². The van der Waals surface area contributed by atoms with E-state index in [9.17, 15) is 23.3 Å². The number of nitrogens with zero attached hydrogens (tertiary/aromatic N) is 4. The van der Waals surface area contributed by atoms with E-state index in [1.54, 1.807) is 35.2 Å². The number of nitrogens with one attached hydrogen (secondary N) is 2. The molecule has 2 aromatic heterocycles. The Labute approximate surface area is 193 Å². The van der Waals surface area contributed by atoms with Crippen LogP contribution >= 0.6 is 11.6 Å². The minimum absolute atomic E-state index is 0.0121. The highest BCUT2D eigenvalue weighted by molar-refractivity contribution is 7.91. The number of aromatic amines is 1. The van der Waals surface area contributed by atoms with Crippen molar-refractivity contribution in [2.24, 2.45) is 0 Å². The van der Waals surface area contributed by atoms with Gasteiger partial charge in [0, 0.05) is 30.9 Å². The van der Waals surface area contributed by atoms with Gasteiger partial charge in [-0.15, -0.1) is 5.10 Å². The normalized spacial score (nSPS) is 15.3. The van der Waals surface area contributed by atoms with Crippen molar-refractivity contribution in [1.29, 1.82) is 0 Å². The van der Waals surface area contributed by atoms with Crippen LogP contribution in [0, 0.1) is 17.0 Å². The lowest BCUT2D eigenvalue weighted by Crippen LogP contribution is -2.40. The molecule has 1 fully saturated rings. The van der Waals surface area contributed by atoms with Crippen LogP contribution in [-0.4, -0.2) is 58.9 Å². The maximum atomic E-state index is 13.3. The lowest BCUT2D eigenvalue weighted by atomic mass is 10.0. The summed E-state index contributed by atoms with van der Waals surface area (Å²) in [6.07, 6.45) is 1.35. The number of anilines is 3. The van der Waals surface area contributed by atoms with Crippen LogP contribution in [0.5, 0.6) is 0 Å². The van der Waals surface area contributed by atoms with E-state index < -0.39 is 20.5 Å². The fourth-order valence-electron chi connectivity index (χ4n) is 3.49. The highest BCUT2D eigenvalue weighted by Gasteiger charge is 2.27. The van der Waals surface area contributed by atoms with Crippen molar-refractivity contribution in [3.63, 3.8) is 0 Å². The van der Waals surface area contributed by atoms with Crippen LogP contribution in [0.1, 0.15) is 21.6 Å². The summed E-state index contributed by atoms with van der Waals surface area (Å²) in [4.78, 5) is 30.3. The van der Waals surface area contributed by atoms with Crippen LogP contribution < -0.4 is 10.2 Å². The SMILES string of the molecule is Cc1[nH]nc(Nc2cc(N3CCS(=O)(=O)CC3)ncc2C(=O)c2ccccc2Cl)c1[N+](=O)[O-]. The van der Waals surface area contributed by atoms with Crippen molar-refractivity contribution in [1.82, 2.24) is 15.2 Å². The highest BCUT2D eigenvalue weighted by Crippen LogP contribution is 2.33. The first kappa shape index (κ1) is 22.7. The average Bonchev–Trinajstić information content (AvgIpc) is 3.14. The van der Waals surface area contributed by atoms with Crippen molar-refractivity contribution in [2.45, 2.75) is 6.92 Å². The number of carbonyl (C=O) groups is 1. The summed E-state index contributed by atoms with van der Waals surface area (Å²) in [5, 5.41) is 21.1. The number of rotatable bonds is 6. The topological polar surface area (TPSA) is 151 Å². The molecule has 3 aromatic rings. The minimum atomic E-state index is -3.10. The number of ketones is 1. The molecule has 172 valence electrons. The van der Waals surface area contributed by atoms with Crippen LogP contribution in [-0.2, 0) is 9.84 Å². The van der Waals surface area contributed by atoms with Crippen LogP contribution in [0.2, 0.25) is 5.02 Å². The summed E-state index contributed by atoms with van der Waals surface area (Å²) in [5.74, 6) is -0.0933. The van der Waals surface area contributed by atoms with Crippen LogP contribution in [0.3, 0.4) is 0 Å². The second-order valence-electron chi connectivity index (χ2n) is 7.46. The van der Waals surface area contributed by atoms with Gasteiger partial charge >= 0.3 is 5.69 Å². The second-order valence-corrected chi connectivity index (χ2v) is 10.2. The van der Waals surface area contributed by atoms with E-state index in [0.717, 1.165) is 0 Å². The molecule has 0 radical (unpaired) electrons. The van der Waals surface area contributed by atoms with E-state index in [-0.39, 0.29) is 63.6 Å². The molecular formula is C20H19ClN6O5S. The summed E-state index contributed by atoms with van der Waals surface area (Å²) >= 11 is 6.20. The first-order valence-electron chi connectivity index (χ1n) is 9.87. The van der Waals surface area contributed by atoms with Crippen molar-refractivity contribution in [2.75, 3.05) is 34.8 Å². The molecule has 2 N–H and O–H groups in total. The van der Waals surface area contributed by atoms with Gasteiger partial charge in [-0.25, -0.2) is 13.4 Å². The fraction of sp³-hybridized carbons (Fsp3) is 0.250. The van der Waals surface area contributed by atoms with Crippen molar-refractivity contribution in [3.05, 3.63) is 68.5 Å². The van der Waals surface area contributed by atoms with Crippen molar-refractivity contribution in [3.8, 4) is 0 Å². The third-order valence-corrected chi connectivity index (χ3v) is 7.21. The van der Waals surface area contributed by atoms with Gasteiger partial charge in [-0.3, -0.25) is 20.0 Å². The minimum Gasteiger partial charge on any atom is -0.355 e. The Bertz CT molecular complexity index is 1340. The lowest BCUT2D eigenvalue weighted by molar-refractivity contribution is -0.384. The molecule has 1 aliphatic rings. The van der Waals surface area contributed by atoms with Crippen LogP contribution in [0.4, 0.5) is 23.0 Å². The summed E-state index contributed by atoms with van der Waals surface area (Å²) in [7, 11) is -3.10. The molecule has 0 atom stereocenters. The molecule has 0 aliphatic carbocycles. The third kappa shape index (κ3) is 4.66. The molecule has 0 spiro atoms. The van der Waals surface area contributed by atoms with E-state index >= 15 is 0 Å². The zero-order valence-corrected chi connectivity index (χ0v) is 19.0. The summed E-state index contributed by atoms with van der Waals surface area (Å²) in [6.45, 7) is 2.00. The average molecular weight is 491 g/mol. The van der Waals surface area contributed by atoms with Crippen LogP contribution in [0.15, 0.2) is 36.5 Å². The molecule has 1 saturated heterocycles. The zero-order chi connectivity index (χ0) is 23.8. The highest BCUT2D eigenvalue weighted by atomic mass is 35.5. The molecule has 0 amide bonds. The molecule has 33 heavy (non-hydrogen) atoms. The smallest absolute Gasteiger partial charge is 0.333 e. The molecule has 0 bridgehead atoms. The fourth-order valence-corrected chi connectivity index (χ4v) is 4.92. The summed E-state index contributed by atoms with van der Waals surface area (Å²) in [6, 6.07) is 8.07. The number of halogens is 1. The molecule has 11 nitrogen and oxygen atoms in total. The van der Waals surface area contributed by atoms with Gasteiger partial charge < -0.3 is 10.2 Å². The quantitative estimate of drug-likeness (QED) is 0.302. The number of aromatic nitrogens is 3. The monoisotopic (exact) mass is 490 g/mol. The Morgan fingerprint density at radius 3 is 2.61 bits per heavy atom. The molecule has 3 heterocycles. The van der Waals surface area contributed by atoms with Gasteiger partial charge in [0.2, 0.25) is 5.82 Å². The maximum absolute atomic E-state index is 13.3. The number of carbonyl (C=O) groups excluding carboxylic acids is 1. The predicted octanol–water partition coefficient (Wildman–Crippen LogP) is 2.88. The Morgan fingerprint density at radius 2 is 1.94 bits per heavy atom. The summed E-state index contributed by atoms with van der Waals surface area (Å²) in [5.41, 5.74) is 0.596. The second kappa shape index (κ2) is 8.79. The molecule has 4 rings (SSSR count). The molecule has 1 aliphatic heterocycles. The Kier molecular flexibility index (Phi) is 6.04. The van der Waals surface area contributed by atoms with Crippen molar-refractivity contribution < 1.29 is 18.1 Å². The largest absolute Gasteiger partial charge is 0.355 e. The zero-order valence-electron chi connectivity index (χ0n) is 17.4. The Balaban J connectivity index is 1.77. The van der Waals surface area contributed by atoms with E-state index in [0.29, 0.717) is 5.82 Å². The standard InChI is InChI=1S/C20H19ClN6O5S/c1-12-18(27(29)30)20(25-24-12)23-16-10-17(26-6-8-33(31,32)9-7-26)22-11-14(16)19(28)13-4-2-3-5-15(13)21/h2-5,10-11H,6-9H2,1H3,(H2,22,23,24,25). The first-order chi connectivity index (χ1) is 15.7. The molecule has 13 heteroatoms. The van der Waals surface area contributed by atoms with E-state index in [1.807, 2.05) is 0 Å². The van der Waals surface area contributed by atoms with E-state index in [2.05, 4.69) is 20.5 Å². The lowest BCUT2D eigenvalue weighted by Gasteiger charge is -2.28. The third-order valence-electron chi connectivity index (χ3n) is 5.27. The molecule has 0 unspecified atom stereocenters. The Hall–Kier alpha value is -3.51. The van der Waals surface area contributed by atoms with Crippen molar-refractivity contribution >= 4 is 50.2 Å². The molecule has 0 saturated carbocycles. The van der Waals surface area contributed by atoms with Gasteiger partial charge in [-0.1, -0.05) is 23.7 Å². The molecular weight excluding hydrogens is 472 g/mol. The number of pyridine rings is 1. The summed E-state index contributed by atoms with van der Waals surface area (Å²) < 4.78 is 23.6. The Morgan fingerprint density at radius 1 is 1.24 bits per heavy atom. The van der Waals surface area contributed by atoms with Crippen LogP contribution in [0.25, 0.3) is 0 Å². The van der Waals surface area contributed by atoms with Gasteiger partial charge in [0.25, 0.3) is 0 Å². The number of nitro groups is 1. The van der Waals surface area contributed by atoms with E-state index in [1.165, 1.54) is 13.1 Å². The maximum Gasteiger partial charge on any atom is 0.333 e. The van der Waals surface area contributed by atoms with Gasteiger partial charge in [-0.2, -0.15) is 0 Å².